The molecule has 7 nitrogen and oxygen atoms in total. The molecule has 2 heterocycles. The van der Waals surface area contributed by atoms with Crippen molar-refractivity contribution in [2.75, 3.05) is 26.2 Å². The zero-order valence-corrected chi connectivity index (χ0v) is 14.0. The molecule has 0 aliphatic carbocycles. The summed E-state index contributed by atoms with van der Waals surface area (Å²) < 4.78 is 5.33. The quantitative estimate of drug-likeness (QED) is 0.901. The summed E-state index contributed by atoms with van der Waals surface area (Å²) in [4.78, 5) is 31.5. The summed E-state index contributed by atoms with van der Waals surface area (Å²) in [5.74, 6) is 0. The van der Waals surface area contributed by atoms with Crippen LogP contribution in [-0.2, 0) is 11.3 Å². The lowest BCUT2D eigenvalue weighted by atomic mass is 10.2. The van der Waals surface area contributed by atoms with E-state index < -0.39 is 5.60 Å². The summed E-state index contributed by atoms with van der Waals surface area (Å²) in [6.07, 6.45) is -0.324. The molecule has 8 heteroatoms. The zero-order chi connectivity index (χ0) is 16.2. The Morgan fingerprint density at radius 3 is 2.45 bits per heavy atom. The maximum Gasteiger partial charge on any atom is 0.410 e. The topological polar surface area (TPSA) is 74.8 Å². The number of thiazole rings is 1. The van der Waals surface area contributed by atoms with E-state index in [1.807, 2.05) is 26.2 Å². The van der Waals surface area contributed by atoms with E-state index >= 15 is 0 Å². The van der Waals surface area contributed by atoms with Crippen LogP contribution in [0.4, 0.5) is 9.59 Å². The Morgan fingerprint density at radius 2 is 1.91 bits per heavy atom. The predicted octanol–water partition coefficient (Wildman–Crippen LogP) is 1.91. The third kappa shape index (κ3) is 4.87. The van der Waals surface area contributed by atoms with Gasteiger partial charge in [-0.1, -0.05) is 0 Å². The molecule has 0 radical (unpaired) electrons. The van der Waals surface area contributed by atoms with Gasteiger partial charge in [0.05, 0.1) is 17.7 Å². The van der Waals surface area contributed by atoms with Crippen LogP contribution in [0, 0.1) is 0 Å². The van der Waals surface area contributed by atoms with Crippen LogP contribution >= 0.6 is 11.3 Å². The van der Waals surface area contributed by atoms with Crippen molar-refractivity contribution in [3.63, 3.8) is 0 Å². The maximum atomic E-state index is 12.1. The lowest BCUT2D eigenvalue weighted by molar-refractivity contribution is 0.0170. The molecule has 0 bridgehead atoms. The van der Waals surface area contributed by atoms with Gasteiger partial charge in [0, 0.05) is 31.6 Å². The maximum absolute atomic E-state index is 12.1. The number of aromatic nitrogens is 1. The number of urea groups is 1. The van der Waals surface area contributed by atoms with Crippen molar-refractivity contribution < 1.29 is 14.3 Å². The molecule has 0 unspecified atom stereocenters. The summed E-state index contributed by atoms with van der Waals surface area (Å²) in [6, 6.07) is -0.128. The van der Waals surface area contributed by atoms with Crippen LogP contribution in [0.5, 0.6) is 0 Å². The van der Waals surface area contributed by atoms with Gasteiger partial charge in [-0.3, -0.25) is 0 Å². The standard InChI is InChI=1S/C14H22N4O3S/c1-14(2,3)21-13(20)18-6-4-17(5-7-18)12(19)15-8-11-9-22-10-16-11/h9-10H,4-8H2,1-3H3,(H,15,19). The summed E-state index contributed by atoms with van der Waals surface area (Å²) in [5.41, 5.74) is 2.09. The molecule has 1 N–H and O–H groups in total. The van der Waals surface area contributed by atoms with Crippen molar-refractivity contribution in [3.05, 3.63) is 16.6 Å². The van der Waals surface area contributed by atoms with Gasteiger partial charge in [-0.25, -0.2) is 14.6 Å². The van der Waals surface area contributed by atoms with Gasteiger partial charge in [0.2, 0.25) is 0 Å². The van der Waals surface area contributed by atoms with Crippen LogP contribution in [0.1, 0.15) is 26.5 Å². The summed E-state index contributed by atoms with van der Waals surface area (Å²) in [5, 5.41) is 4.74. The van der Waals surface area contributed by atoms with Gasteiger partial charge < -0.3 is 19.9 Å². The highest BCUT2D eigenvalue weighted by Crippen LogP contribution is 2.12. The average molecular weight is 326 g/mol. The molecule has 22 heavy (non-hydrogen) atoms. The van der Waals surface area contributed by atoms with E-state index in [0.29, 0.717) is 32.7 Å². The first-order valence-electron chi connectivity index (χ1n) is 7.23. The van der Waals surface area contributed by atoms with Crippen LogP contribution in [-0.4, -0.2) is 58.7 Å². The van der Waals surface area contributed by atoms with Crippen molar-refractivity contribution in [1.29, 1.82) is 0 Å². The third-order valence-corrected chi connectivity index (χ3v) is 3.76. The Hall–Kier alpha value is -1.83. The van der Waals surface area contributed by atoms with E-state index in [2.05, 4.69) is 10.3 Å². The van der Waals surface area contributed by atoms with Gasteiger partial charge in [0.25, 0.3) is 0 Å². The number of ether oxygens (including phenoxy) is 1. The van der Waals surface area contributed by atoms with Crippen LogP contribution in [0.25, 0.3) is 0 Å². The molecule has 1 aliphatic rings. The van der Waals surface area contributed by atoms with E-state index in [1.165, 1.54) is 11.3 Å². The Morgan fingerprint density at radius 1 is 1.27 bits per heavy atom. The lowest BCUT2D eigenvalue weighted by Gasteiger charge is -2.35. The van der Waals surface area contributed by atoms with Gasteiger partial charge in [-0.15, -0.1) is 11.3 Å². The van der Waals surface area contributed by atoms with Gasteiger partial charge in [-0.2, -0.15) is 0 Å². The molecule has 0 atom stereocenters. The fourth-order valence-corrected chi connectivity index (χ4v) is 2.58. The molecule has 1 aliphatic heterocycles. The molecule has 122 valence electrons. The Labute approximate surface area is 134 Å². The third-order valence-electron chi connectivity index (χ3n) is 3.12. The second-order valence-electron chi connectivity index (χ2n) is 6.09. The first-order chi connectivity index (χ1) is 10.3. The van der Waals surface area contributed by atoms with Crippen molar-refractivity contribution in [1.82, 2.24) is 20.1 Å². The second kappa shape index (κ2) is 6.95. The smallest absolute Gasteiger partial charge is 0.410 e. The van der Waals surface area contributed by atoms with Crippen molar-refractivity contribution >= 4 is 23.5 Å². The molecule has 3 amide bonds. The van der Waals surface area contributed by atoms with E-state index in [4.69, 9.17) is 4.74 Å². The highest BCUT2D eigenvalue weighted by molar-refractivity contribution is 7.07. The van der Waals surface area contributed by atoms with Crippen LogP contribution < -0.4 is 5.32 Å². The fourth-order valence-electron chi connectivity index (χ4n) is 2.02. The number of carbonyl (C=O) groups excluding carboxylic acids is 2. The number of hydrogen-bond donors (Lipinski definition) is 1. The number of carbonyl (C=O) groups is 2. The first-order valence-corrected chi connectivity index (χ1v) is 8.17. The summed E-state index contributed by atoms with van der Waals surface area (Å²) >= 11 is 1.50. The summed E-state index contributed by atoms with van der Waals surface area (Å²) in [6.45, 7) is 7.92. The van der Waals surface area contributed by atoms with Gasteiger partial charge >= 0.3 is 12.1 Å². The minimum Gasteiger partial charge on any atom is -0.444 e. The van der Waals surface area contributed by atoms with Crippen LogP contribution in [0.2, 0.25) is 0 Å². The largest absolute Gasteiger partial charge is 0.444 e. The predicted molar refractivity (Wildman–Crippen MR) is 83.7 cm³/mol. The number of nitrogens with zero attached hydrogens (tertiary/aromatic N) is 3. The number of hydrogen-bond acceptors (Lipinski definition) is 5. The molecule has 0 spiro atoms. The van der Waals surface area contributed by atoms with Gasteiger partial charge in [0.1, 0.15) is 5.60 Å². The second-order valence-corrected chi connectivity index (χ2v) is 6.81. The summed E-state index contributed by atoms with van der Waals surface area (Å²) in [7, 11) is 0. The molecule has 0 saturated carbocycles. The van der Waals surface area contributed by atoms with E-state index in [9.17, 15) is 9.59 Å². The average Bonchev–Trinajstić information content (AvgIpc) is 2.96. The molecule has 1 fully saturated rings. The minimum absolute atomic E-state index is 0.128. The van der Waals surface area contributed by atoms with Crippen molar-refractivity contribution in [2.45, 2.75) is 32.9 Å². The molecular formula is C14H22N4O3S. The van der Waals surface area contributed by atoms with E-state index in [1.54, 1.807) is 15.3 Å². The SMILES string of the molecule is CC(C)(C)OC(=O)N1CCN(C(=O)NCc2cscn2)CC1. The first kappa shape index (κ1) is 16.5. The Kier molecular flexibility index (Phi) is 5.23. The van der Waals surface area contributed by atoms with Gasteiger partial charge in [-0.05, 0) is 20.8 Å². The minimum atomic E-state index is -0.501. The zero-order valence-electron chi connectivity index (χ0n) is 13.2. The van der Waals surface area contributed by atoms with Crippen molar-refractivity contribution in [3.8, 4) is 0 Å². The van der Waals surface area contributed by atoms with E-state index in [0.717, 1.165) is 5.69 Å². The molecule has 1 aromatic rings. The monoisotopic (exact) mass is 326 g/mol. The fraction of sp³-hybridized carbons (Fsp3) is 0.643. The molecule has 0 aromatic carbocycles. The number of piperazine rings is 1. The molecule has 1 saturated heterocycles. The van der Waals surface area contributed by atoms with Crippen LogP contribution in [0.15, 0.2) is 10.9 Å². The van der Waals surface area contributed by atoms with Crippen LogP contribution in [0.3, 0.4) is 0 Å². The number of rotatable bonds is 2. The number of nitrogens with one attached hydrogen (secondary N) is 1. The number of amides is 3. The van der Waals surface area contributed by atoms with Crippen molar-refractivity contribution in [2.24, 2.45) is 0 Å². The lowest BCUT2D eigenvalue weighted by Crippen LogP contribution is -2.53. The molecular weight excluding hydrogens is 304 g/mol. The Bertz CT molecular complexity index is 505. The normalized spacial score (nSPS) is 15.6. The highest BCUT2D eigenvalue weighted by Gasteiger charge is 2.27. The molecule has 2 rings (SSSR count). The molecule has 1 aromatic heterocycles. The Balaban J connectivity index is 1.74. The van der Waals surface area contributed by atoms with Gasteiger partial charge in [0.15, 0.2) is 0 Å². The highest BCUT2D eigenvalue weighted by atomic mass is 32.1. The van der Waals surface area contributed by atoms with E-state index in [-0.39, 0.29) is 12.1 Å².